The van der Waals surface area contributed by atoms with E-state index in [1.54, 1.807) is 0 Å². The minimum atomic E-state index is -1.17. The van der Waals surface area contributed by atoms with Crippen LogP contribution in [0.15, 0.2) is 0 Å². The molecule has 0 amide bonds. The average molecular weight is 183 g/mol. The highest BCUT2D eigenvalue weighted by Crippen LogP contribution is 2.15. The van der Waals surface area contributed by atoms with Gasteiger partial charge in [-0.2, -0.15) is 0 Å². The molecule has 0 aliphatic carbocycles. The van der Waals surface area contributed by atoms with Gasteiger partial charge in [-0.1, -0.05) is 0 Å². The molecule has 2 unspecified atom stereocenters. The molecular formula is C6H11ClO2S. The number of ether oxygens (including phenoxy) is 1. The van der Waals surface area contributed by atoms with Gasteiger partial charge in [0.15, 0.2) is 0 Å². The first kappa shape index (κ1) is 8.50. The van der Waals surface area contributed by atoms with Gasteiger partial charge in [-0.25, -0.2) is 4.21 Å². The molecule has 0 bridgehead atoms. The van der Waals surface area contributed by atoms with Crippen LogP contribution in [0.4, 0.5) is 0 Å². The van der Waals surface area contributed by atoms with Crippen molar-refractivity contribution in [2.75, 3.05) is 12.4 Å². The number of rotatable bonds is 3. The molecule has 0 saturated carbocycles. The summed E-state index contributed by atoms with van der Waals surface area (Å²) in [6, 6.07) is 0. The van der Waals surface area contributed by atoms with Gasteiger partial charge in [0, 0.05) is 12.4 Å². The van der Waals surface area contributed by atoms with Gasteiger partial charge in [-0.3, -0.25) is 0 Å². The molecule has 1 rings (SSSR count). The Morgan fingerprint density at radius 3 is 3.00 bits per heavy atom. The first-order chi connectivity index (χ1) is 4.79. The number of halogens is 1. The zero-order chi connectivity index (χ0) is 7.40. The van der Waals surface area contributed by atoms with Crippen LogP contribution in [0.2, 0.25) is 0 Å². The molecule has 0 aromatic rings. The van der Waals surface area contributed by atoms with E-state index in [-0.39, 0.29) is 0 Å². The van der Waals surface area contributed by atoms with E-state index in [4.69, 9.17) is 15.4 Å². The second-order valence-corrected chi connectivity index (χ2v) is 4.44. The largest absolute Gasteiger partial charge is 0.378 e. The van der Waals surface area contributed by atoms with Crippen LogP contribution in [0.25, 0.3) is 0 Å². The lowest BCUT2D eigenvalue weighted by Crippen LogP contribution is -2.07. The maximum Gasteiger partial charge on any atom is 0.115 e. The first-order valence-corrected chi connectivity index (χ1v) is 5.60. The van der Waals surface area contributed by atoms with E-state index >= 15 is 0 Å². The molecule has 1 aliphatic heterocycles. The maximum absolute atomic E-state index is 10.4. The van der Waals surface area contributed by atoms with Gasteiger partial charge in [-0.15, -0.1) is 0 Å². The summed E-state index contributed by atoms with van der Waals surface area (Å²) in [6.45, 7) is 0.861. The normalized spacial score (nSPS) is 28.7. The van der Waals surface area contributed by atoms with E-state index in [1.807, 2.05) is 0 Å². The molecule has 1 heterocycles. The van der Waals surface area contributed by atoms with E-state index in [0.29, 0.717) is 11.9 Å². The molecule has 1 fully saturated rings. The van der Waals surface area contributed by atoms with E-state index < -0.39 is 10.0 Å². The van der Waals surface area contributed by atoms with Crippen molar-refractivity contribution in [1.82, 2.24) is 0 Å². The second kappa shape index (κ2) is 4.31. The summed E-state index contributed by atoms with van der Waals surface area (Å²) in [4.78, 5) is 0. The van der Waals surface area contributed by atoms with Gasteiger partial charge in [0.1, 0.15) is 10.0 Å². The Labute approximate surface area is 67.9 Å². The Balaban J connectivity index is 2.07. The minimum Gasteiger partial charge on any atom is -0.378 e. The summed E-state index contributed by atoms with van der Waals surface area (Å²) in [5.74, 6) is 0.562. The fraction of sp³-hybridized carbons (Fsp3) is 1.00. The van der Waals surface area contributed by atoms with Crippen molar-refractivity contribution in [2.24, 2.45) is 0 Å². The first-order valence-electron chi connectivity index (χ1n) is 3.45. The Morgan fingerprint density at radius 2 is 2.50 bits per heavy atom. The van der Waals surface area contributed by atoms with Crippen LogP contribution < -0.4 is 0 Å². The van der Waals surface area contributed by atoms with Gasteiger partial charge in [0.25, 0.3) is 0 Å². The smallest absolute Gasteiger partial charge is 0.115 e. The molecule has 0 N–H and O–H groups in total. The molecule has 0 aromatic heterocycles. The van der Waals surface area contributed by atoms with Crippen LogP contribution in [0.5, 0.6) is 0 Å². The SMILES string of the molecule is O=S(Cl)CCC1CCCO1. The van der Waals surface area contributed by atoms with Crippen molar-refractivity contribution in [3.8, 4) is 0 Å². The fourth-order valence-corrected chi connectivity index (χ4v) is 1.81. The zero-order valence-electron chi connectivity index (χ0n) is 5.72. The fourth-order valence-electron chi connectivity index (χ4n) is 1.10. The van der Waals surface area contributed by atoms with Crippen molar-refractivity contribution in [2.45, 2.75) is 25.4 Å². The van der Waals surface area contributed by atoms with Crippen molar-refractivity contribution in [3.05, 3.63) is 0 Å². The summed E-state index contributed by atoms with van der Waals surface area (Å²) < 4.78 is 15.7. The molecule has 10 heavy (non-hydrogen) atoms. The summed E-state index contributed by atoms with van der Waals surface area (Å²) in [5, 5.41) is 0. The highest BCUT2D eigenvalue weighted by Gasteiger charge is 2.15. The van der Waals surface area contributed by atoms with Crippen LogP contribution in [0.1, 0.15) is 19.3 Å². The minimum absolute atomic E-state index is 0.322. The predicted octanol–water partition coefficient (Wildman–Crippen LogP) is 1.46. The molecule has 4 heteroatoms. The quantitative estimate of drug-likeness (QED) is 0.618. The molecule has 0 radical (unpaired) electrons. The summed E-state index contributed by atoms with van der Waals surface area (Å²) in [5.41, 5.74) is 0. The van der Waals surface area contributed by atoms with Crippen molar-refractivity contribution in [1.29, 1.82) is 0 Å². The standard InChI is InChI=1S/C6H11ClO2S/c7-10(8)5-3-6-2-1-4-9-6/h6H,1-5H2. The van der Waals surface area contributed by atoms with Gasteiger partial charge in [0.05, 0.1) is 6.10 Å². The lowest BCUT2D eigenvalue weighted by atomic mass is 10.2. The third-order valence-electron chi connectivity index (χ3n) is 1.62. The van der Waals surface area contributed by atoms with Gasteiger partial charge >= 0.3 is 0 Å². The summed E-state index contributed by atoms with van der Waals surface area (Å²) in [6.07, 6.45) is 3.41. The number of hydrogen-bond donors (Lipinski definition) is 0. The van der Waals surface area contributed by atoms with E-state index in [9.17, 15) is 4.21 Å². The van der Waals surface area contributed by atoms with Crippen molar-refractivity contribution >= 4 is 20.7 Å². The molecule has 0 aromatic carbocycles. The van der Waals surface area contributed by atoms with Crippen LogP contribution >= 0.6 is 10.7 Å². The molecule has 2 atom stereocenters. The maximum atomic E-state index is 10.4. The Hall–Kier alpha value is 0.400. The lowest BCUT2D eigenvalue weighted by Gasteiger charge is -2.05. The molecule has 1 saturated heterocycles. The summed E-state index contributed by atoms with van der Waals surface area (Å²) in [7, 11) is 4.10. The molecule has 0 spiro atoms. The van der Waals surface area contributed by atoms with Gasteiger partial charge < -0.3 is 4.74 Å². The van der Waals surface area contributed by atoms with Crippen molar-refractivity contribution in [3.63, 3.8) is 0 Å². The monoisotopic (exact) mass is 182 g/mol. The van der Waals surface area contributed by atoms with Crippen LogP contribution in [-0.2, 0) is 14.7 Å². The Bertz CT molecular complexity index is 123. The van der Waals surface area contributed by atoms with E-state index in [0.717, 1.165) is 25.9 Å². The van der Waals surface area contributed by atoms with Crippen LogP contribution in [-0.4, -0.2) is 22.7 Å². The van der Waals surface area contributed by atoms with Gasteiger partial charge in [0.2, 0.25) is 0 Å². The molecule has 1 aliphatic rings. The topological polar surface area (TPSA) is 26.3 Å². The molecular weight excluding hydrogens is 172 g/mol. The summed E-state index contributed by atoms with van der Waals surface area (Å²) >= 11 is 0. The Morgan fingerprint density at radius 1 is 1.70 bits per heavy atom. The average Bonchev–Trinajstić information content (AvgIpc) is 2.34. The van der Waals surface area contributed by atoms with E-state index in [1.165, 1.54) is 0 Å². The van der Waals surface area contributed by atoms with Crippen molar-refractivity contribution < 1.29 is 8.95 Å². The van der Waals surface area contributed by atoms with E-state index in [2.05, 4.69) is 0 Å². The van der Waals surface area contributed by atoms with Crippen LogP contribution in [0.3, 0.4) is 0 Å². The van der Waals surface area contributed by atoms with Gasteiger partial charge in [-0.05, 0) is 29.9 Å². The molecule has 2 nitrogen and oxygen atoms in total. The van der Waals surface area contributed by atoms with Crippen LogP contribution in [0, 0.1) is 0 Å². The highest BCUT2D eigenvalue weighted by molar-refractivity contribution is 8.08. The third-order valence-corrected chi connectivity index (χ3v) is 2.64. The predicted molar refractivity (Wildman–Crippen MR) is 42.5 cm³/mol. The number of hydrogen-bond acceptors (Lipinski definition) is 2. The Kier molecular flexibility index (Phi) is 3.66. The second-order valence-electron chi connectivity index (χ2n) is 2.42. The lowest BCUT2D eigenvalue weighted by molar-refractivity contribution is 0.109. The third kappa shape index (κ3) is 2.99. The molecule has 60 valence electrons. The zero-order valence-corrected chi connectivity index (χ0v) is 7.29. The highest BCUT2D eigenvalue weighted by atomic mass is 35.7.